The molecule has 0 heterocycles. The number of amides is 1. The average Bonchev–Trinajstić information content (AvgIpc) is 2.94. The summed E-state index contributed by atoms with van der Waals surface area (Å²) in [5.74, 6) is -0.720. The van der Waals surface area contributed by atoms with E-state index in [9.17, 15) is 18.0 Å². The Kier molecular flexibility index (Phi) is 6.57. The molecule has 9 heteroatoms. The number of rotatable bonds is 4. The molecule has 0 atom stereocenters. The zero-order valence-corrected chi connectivity index (χ0v) is 11.2. The molecule has 0 aliphatic heterocycles. The van der Waals surface area contributed by atoms with E-state index < -0.39 is 25.2 Å². The van der Waals surface area contributed by atoms with Gasteiger partial charge in [-0.2, -0.15) is 13.2 Å². The van der Waals surface area contributed by atoms with Crippen molar-refractivity contribution < 1.29 is 18.0 Å². The Hall–Kier alpha value is -0.740. The van der Waals surface area contributed by atoms with E-state index in [1.54, 1.807) is 5.32 Å². The fourth-order valence-electron chi connectivity index (χ4n) is 0.894. The zero-order chi connectivity index (χ0) is 12.2. The lowest BCUT2D eigenvalue weighted by atomic mass is 10.5. The summed E-state index contributed by atoms with van der Waals surface area (Å²) in [6, 6.07) is 0.294. The van der Waals surface area contributed by atoms with Crippen LogP contribution >= 0.6 is 24.0 Å². The van der Waals surface area contributed by atoms with Crippen LogP contribution in [0.3, 0.4) is 0 Å². The molecule has 0 aromatic rings. The van der Waals surface area contributed by atoms with Crippen molar-refractivity contribution in [1.82, 2.24) is 10.6 Å². The lowest BCUT2D eigenvalue weighted by Crippen LogP contribution is -2.37. The summed E-state index contributed by atoms with van der Waals surface area (Å²) in [4.78, 5) is 14.5. The normalized spacial score (nSPS) is 16.1. The summed E-state index contributed by atoms with van der Waals surface area (Å²) in [5.41, 5.74) is 5.38. The van der Waals surface area contributed by atoms with Crippen LogP contribution in [0.5, 0.6) is 0 Å². The maximum absolute atomic E-state index is 11.7. The van der Waals surface area contributed by atoms with Gasteiger partial charge in [-0.25, -0.2) is 4.99 Å². The molecule has 5 nitrogen and oxygen atoms in total. The number of nitrogens with two attached hydrogens (primary N) is 1. The molecule has 0 aromatic heterocycles. The van der Waals surface area contributed by atoms with Crippen LogP contribution < -0.4 is 16.4 Å². The van der Waals surface area contributed by atoms with Crippen LogP contribution in [0.4, 0.5) is 13.2 Å². The minimum Gasteiger partial charge on any atom is -0.370 e. The van der Waals surface area contributed by atoms with E-state index in [1.807, 2.05) is 0 Å². The highest BCUT2D eigenvalue weighted by atomic mass is 127. The van der Waals surface area contributed by atoms with Gasteiger partial charge < -0.3 is 16.4 Å². The lowest BCUT2D eigenvalue weighted by Gasteiger charge is -2.07. The van der Waals surface area contributed by atoms with E-state index in [4.69, 9.17) is 5.73 Å². The van der Waals surface area contributed by atoms with Crippen LogP contribution in [0.25, 0.3) is 0 Å². The van der Waals surface area contributed by atoms with Crippen molar-refractivity contribution >= 4 is 35.8 Å². The van der Waals surface area contributed by atoms with Gasteiger partial charge in [-0.15, -0.1) is 24.0 Å². The van der Waals surface area contributed by atoms with Crippen LogP contribution in [0.2, 0.25) is 0 Å². The Labute approximate surface area is 113 Å². The maximum atomic E-state index is 11.7. The first-order valence-corrected chi connectivity index (χ1v) is 4.77. The van der Waals surface area contributed by atoms with Crippen molar-refractivity contribution in [2.45, 2.75) is 25.1 Å². The second kappa shape index (κ2) is 6.87. The number of aliphatic imine (C=N–C) groups is 1. The molecule has 1 saturated carbocycles. The molecule has 1 fully saturated rings. The smallest absolute Gasteiger partial charge is 0.370 e. The van der Waals surface area contributed by atoms with Crippen molar-refractivity contribution in [2.75, 3.05) is 13.1 Å². The molecule has 17 heavy (non-hydrogen) atoms. The highest BCUT2D eigenvalue weighted by molar-refractivity contribution is 14.0. The fraction of sp³-hybridized carbons (Fsp3) is 0.750. The number of carbonyl (C=O) groups excluding carboxylic acids is 1. The molecule has 100 valence electrons. The summed E-state index contributed by atoms with van der Waals surface area (Å²) < 4.78 is 35.1. The fourth-order valence-corrected chi connectivity index (χ4v) is 0.894. The number of alkyl halides is 3. The third-order valence-corrected chi connectivity index (χ3v) is 1.81. The van der Waals surface area contributed by atoms with E-state index in [-0.39, 0.29) is 29.9 Å². The molecule has 1 aliphatic rings. The van der Waals surface area contributed by atoms with Crippen molar-refractivity contribution in [2.24, 2.45) is 10.7 Å². The first-order valence-electron chi connectivity index (χ1n) is 4.77. The van der Waals surface area contributed by atoms with Gasteiger partial charge in [0, 0.05) is 6.04 Å². The summed E-state index contributed by atoms with van der Waals surface area (Å²) in [7, 11) is 0. The number of hydrogen-bond donors (Lipinski definition) is 3. The molecule has 1 amide bonds. The van der Waals surface area contributed by atoms with Crippen LogP contribution in [0.15, 0.2) is 4.99 Å². The van der Waals surface area contributed by atoms with Crippen molar-refractivity contribution in [3.63, 3.8) is 0 Å². The number of guanidine groups is 1. The molecule has 0 unspecified atom stereocenters. The predicted octanol–water partition coefficient (Wildman–Crippen LogP) is 0.350. The Morgan fingerprint density at radius 3 is 2.47 bits per heavy atom. The molecule has 0 saturated heterocycles. The average molecular weight is 366 g/mol. The second-order valence-electron chi connectivity index (χ2n) is 3.51. The number of nitrogens with one attached hydrogen (secondary N) is 2. The number of nitrogens with zero attached hydrogens (tertiary/aromatic N) is 1. The van der Waals surface area contributed by atoms with Crippen LogP contribution in [0, 0.1) is 0 Å². The summed E-state index contributed by atoms with van der Waals surface area (Å²) in [6.45, 7) is -1.75. The van der Waals surface area contributed by atoms with Crippen molar-refractivity contribution in [3.8, 4) is 0 Å². The van der Waals surface area contributed by atoms with Gasteiger partial charge in [0.1, 0.15) is 13.1 Å². The molecule has 0 bridgehead atoms. The molecule has 0 radical (unpaired) electrons. The molecule has 0 aromatic carbocycles. The van der Waals surface area contributed by atoms with Gasteiger partial charge in [0.15, 0.2) is 5.96 Å². The molecular formula is C8H14F3IN4O. The predicted molar refractivity (Wildman–Crippen MR) is 67.1 cm³/mol. The highest BCUT2D eigenvalue weighted by Gasteiger charge is 2.27. The standard InChI is InChI=1S/C8H13F3N4O.HI/c9-8(10,11)4-14-6(16)3-13-7(12)15-5-1-2-5;/h5H,1-4H2,(H,14,16)(H3,12,13,15);1H. The van der Waals surface area contributed by atoms with Gasteiger partial charge in [0.05, 0.1) is 0 Å². The monoisotopic (exact) mass is 366 g/mol. The largest absolute Gasteiger partial charge is 0.405 e. The summed E-state index contributed by atoms with van der Waals surface area (Å²) in [5, 5.41) is 4.50. The first kappa shape index (κ1) is 16.3. The Bertz CT molecular complexity index is 291. The highest BCUT2D eigenvalue weighted by Crippen LogP contribution is 2.17. The van der Waals surface area contributed by atoms with Gasteiger partial charge in [-0.05, 0) is 12.8 Å². The zero-order valence-electron chi connectivity index (χ0n) is 8.88. The molecule has 0 spiro atoms. The maximum Gasteiger partial charge on any atom is 0.405 e. The third-order valence-electron chi connectivity index (χ3n) is 1.81. The number of hydrogen-bond acceptors (Lipinski definition) is 2. The van der Waals surface area contributed by atoms with E-state index in [1.165, 1.54) is 0 Å². The molecule has 1 aliphatic carbocycles. The first-order chi connectivity index (χ1) is 7.37. The Morgan fingerprint density at radius 2 is 2.00 bits per heavy atom. The van der Waals surface area contributed by atoms with Gasteiger partial charge in [0.2, 0.25) is 5.91 Å². The SMILES string of the molecule is I.NC(=NCC(=O)NCC(F)(F)F)NC1CC1. The third kappa shape index (κ3) is 9.01. The van der Waals surface area contributed by atoms with E-state index in [0.717, 1.165) is 12.8 Å². The Balaban J connectivity index is 0.00000256. The lowest BCUT2D eigenvalue weighted by molar-refractivity contribution is -0.137. The van der Waals surface area contributed by atoms with Crippen LogP contribution in [-0.2, 0) is 4.79 Å². The summed E-state index contributed by atoms with van der Waals surface area (Å²) >= 11 is 0. The van der Waals surface area contributed by atoms with Gasteiger partial charge >= 0.3 is 6.18 Å². The van der Waals surface area contributed by atoms with Crippen LogP contribution in [0.1, 0.15) is 12.8 Å². The van der Waals surface area contributed by atoms with Crippen molar-refractivity contribution in [3.05, 3.63) is 0 Å². The van der Waals surface area contributed by atoms with E-state index >= 15 is 0 Å². The van der Waals surface area contributed by atoms with Gasteiger partial charge in [0.25, 0.3) is 0 Å². The van der Waals surface area contributed by atoms with Gasteiger partial charge in [-0.3, -0.25) is 4.79 Å². The Morgan fingerprint density at radius 1 is 1.41 bits per heavy atom. The topological polar surface area (TPSA) is 79.5 Å². The minimum atomic E-state index is -4.41. The van der Waals surface area contributed by atoms with E-state index in [0.29, 0.717) is 6.04 Å². The van der Waals surface area contributed by atoms with E-state index in [2.05, 4.69) is 10.3 Å². The van der Waals surface area contributed by atoms with Crippen LogP contribution in [-0.4, -0.2) is 37.2 Å². The van der Waals surface area contributed by atoms with Gasteiger partial charge in [-0.1, -0.05) is 0 Å². The molecule has 4 N–H and O–H groups in total. The molecule has 1 rings (SSSR count). The molecular weight excluding hydrogens is 352 g/mol. The number of carbonyl (C=O) groups is 1. The summed E-state index contributed by atoms with van der Waals surface area (Å²) in [6.07, 6.45) is -2.41. The quantitative estimate of drug-likeness (QED) is 0.382. The second-order valence-corrected chi connectivity index (χ2v) is 3.51. The van der Waals surface area contributed by atoms with Crippen molar-refractivity contribution in [1.29, 1.82) is 0 Å². The number of halogens is 4. The minimum absolute atomic E-state index is 0.